The Hall–Kier alpha value is -2.19. The van der Waals surface area contributed by atoms with Gasteiger partial charge in [-0.25, -0.2) is 14.4 Å². The van der Waals surface area contributed by atoms with Gasteiger partial charge in [0.25, 0.3) is 0 Å². The summed E-state index contributed by atoms with van der Waals surface area (Å²) in [6, 6.07) is 1.59. The SMILES string of the molecule is Nc1ccnc2c1ncn2[C@@H]1O/C(=C/F)[C@@H](O)[C@H]1O. The van der Waals surface area contributed by atoms with E-state index in [-0.39, 0.29) is 12.1 Å². The van der Waals surface area contributed by atoms with E-state index in [0.29, 0.717) is 16.9 Å². The Morgan fingerprint density at radius 2 is 2.21 bits per heavy atom. The highest BCUT2D eigenvalue weighted by Gasteiger charge is 2.41. The zero-order chi connectivity index (χ0) is 13.6. The van der Waals surface area contributed by atoms with Gasteiger partial charge in [0.15, 0.2) is 11.4 Å². The summed E-state index contributed by atoms with van der Waals surface area (Å²) in [6.45, 7) is 0. The molecular weight excluding hydrogens is 255 g/mol. The van der Waals surface area contributed by atoms with Crippen molar-refractivity contribution in [2.24, 2.45) is 0 Å². The van der Waals surface area contributed by atoms with Gasteiger partial charge in [0, 0.05) is 6.20 Å². The summed E-state index contributed by atoms with van der Waals surface area (Å²) in [4.78, 5) is 8.15. The minimum atomic E-state index is -1.42. The van der Waals surface area contributed by atoms with Crippen LogP contribution in [0.3, 0.4) is 0 Å². The number of pyridine rings is 1. The molecule has 100 valence electrons. The van der Waals surface area contributed by atoms with Crippen LogP contribution in [0.15, 0.2) is 30.7 Å². The highest BCUT2D eigenvalue weighted by Crippen LogP contribution is 2.34. The van der Waals surface area contributed by atoms with Gasteiger partial charge in [0.1, 0.15) is 30.4 Å². The second kappa shape index (κ2) is 4.18. The standard InChI is InChI=1S/C11H11FN4O3/c12-3-6-8(17)9(18)11(19-6)16-4-15-7-5(13)1-2-14-10(7)16/h1-4,8-9,11,17-18H,(H2,13,14)/b6-3+/t8-,9-,11-/m1/s1. The third kappa shape index (κ3) is 1.65. The monoisotopic (exact) mass is 266 g/mol. The minimum Gasteiger partial charge on any atom is -0.466 e. The van der Waals surface area contributed by atoms with Gasteiger partial charge < -0.3 is 20.7 Å². The van der Waals surface area contributed by atoms with Gasteiger partial charge in [0.05, 0.1) is 5.69 Å². The third-order valence-electron chi connectivity index (χ3n) is 3.04. The molecule has 2 aromatic rings. The average molecular weight is 266 g/mol. The molecule has 3 rings (SSSR count). The molecule has 4 N–H and O–H groups in total. The number of rotatable bonds is 1. The fourth-order valence-electron chi connectivity index (χ4n) is 2.05. The summed E-state index contributed by atoms with van der Waals surface area (Å²) >= 11 is 0. The predicted molar refractivity (Wildman–Crippen MR) is 63.3 cm³/mol. The largest absolute Gasteiger partial charge is 0.466 e. The maximum Gasteiger partial charge on any atom is 0.207 e. The number of aliphatic hydroxyl groups excluding tert-OH is 2. The maximum atomic E-state index is 12.5. The zero-order valence-electron chi connectivity index (χ0n) is 9.64. The molecule has 0 bridgehead atoms. The van der Waals surface area contributed by atoms with Crippen LogP contribution in [-0.4, -0.2) is 37.0 Å². The number of fused-ring (bicyclic) bond motifs is 1. The summed E-state index contributed by atoms with van der Waals surface area (Å²) in [7, 11) is 0. The van der Waals surface area contributed by atoms with Crippen molar-refractivity contribution >= 4 is 16.9 Å². The molecule has 0 unspecified atom stereocenters. The lowest BCUT2D eigenvalue weighted by Gasteiger charge is -2.15. The molecule has 0 radical (unpaired) electrons. The number of anilines is 1. The maximum absolute atomic E-state index is 12.5. The summed E-state index contributed by atoms with van der Waals surface area (Å²) in [5.41, 5.74) is 7.01. The number of nitrogens with two attached hydrogens (primary N) is 1. The quantitative estimate of drug-likeness (QED) is 0.674. The lowest BCUT2D eigenvalue weighted by atomic mass is 10.2. The minimum absolute atomic E-state index is 0.120. The molecule has 0 aromatic carbocycles. The lowest BCUT2D eigenvalue weighted by molar-refractivity contribution is -0.0120. The Kier molecular flexibility index (Phi) is 2.61. The van der Waals surface area contributed by atoms with Gasteiger partial charge in [0.2, 0.25) is 6.23 Å². The van der Waals surface area contributed by atoms with E-state index >= 15 is 0 Å². The third-order valence-corrected chi connectivity index (χ3v) is 3.04. The first-order valence-corrected chi connectivity index (χ1v) is 5.53. The Balaban J connectivity index is 2.09. The topological polar surface area (TPSA) is 106 Å². The van der Waals surface area contributed by atoms with Crippen molar-refractivity contribution in [3.05, 3.63) is 30.7 Å². The van der Waals surface area contributed by atoms with Crippen molar-refractivity contribution in [3.63, 3.8) is 0 Å². The summed E-state index contributed by atoms with van der Waals surface area (Å²) in [5.74, 6) is -0.330. The van der Waals surface area contributed by atoms with E-state index < -0.39 is 18.4 Å². The number of halogens is 1. The molecule has 1 aliphatic heterocycles. The normalized spacial score (nSPS) is 29.0. The second-order valence-electron chi connectivity index (χ2n) is 4.18. The van der Waals surface area contributed by atoms with Crippen LogP contribution in [0.1, 0.15) is 6.23 Å². The van der Waals surface area contributed by atoms with Crippen molar-refractivity contribution in [2.45, 2.75) is 18.4 Å². The van der Waals surface area contributed by atoms with Crippen LogP contribution < -0.4 is 5.73 Å². The van der Waals surface area contributed by atoms with Crippen LogP contribution in [0.5, 0.6) is 0 Å². The molecule has 8 heteroatoms. The molecule has 1 fully saturated rings. The number of nitrogen functional groups attached to an aromatic ring is 1. The Morgan fingerprint density at radius 3 is 2.89 bits per heavy atom. The Morgan fingerprint density at radius 1 is 1.42 bits per heavy atom. The highest BCUT2D eigenvalue weighted by molar-refractivity contribution is 5.83. The number of hydrogen-bond acceptors (Lipinski definition) is 6. The van der Waals surface area contributed by atoms with E-state index in [1.54, 1.807) is 6.07 Å². The van der Waals surface area contributed by atoms with Crippen LogP contribution in [0, 0.1) is 0 Å². The molecule has 3 atom stereocenters. The van der Waals surface area contributed by atoms with Crippen molar-refractivity contribution in [3.8, 4) is 0 Å². The molecule has 19 heavy (non-hydrogen) atoms. The van der Waals surface area contributed by atoms with E-state index in [1.165, 1.54) is 17.1 Å². The summed E-state index contributed by atoms with van der Waals surface area (Å²) in [5, 5.41) is 19.5. The Labute approximate surface area is 106 Å². The number of hydrogen-bond donors (Lipinski definition) is 3. The molecule has 7 nitrogen and oxygen atoms in total. The van der Waals surface area contributed by atoms with Gasteiger partial charge >= 0.3 is 0 Å². The number of nitrogens with zero attached hydrogens (tertiary/aromatic N) is 3. The summed E-state index contributed by atoms with van der Waals surface area (Å²) in [6.07, 6.45) is -0.767. The van der Waals surface area contributed by atoms with Gasteiger partial charge in [-0.1, -0.05) is 0 Å². The molecule has 0 amide bonds. The number of aromatic nitrogens is 3. The van der Waals surface area contributed by atoms with Crippen LogP contribution in [0.25, 0.3) is 11.2 Å². The first-order chi connectivity index (χ1) is 9.13. The van der Waals surface area contributed by atoms with Gasteiger partial charge in [-0.15, -0.1) is 0 Å². The van der Waals surface area contributed by atoms with E-state index in [0.717, 1.165) is 0 Å². The molecule has 3 heterocycles. The predicted octanol–water partition coefficient (Wildman–Crippen LogP) is 0.0750. The summed E-state index contributed by atoms with van der Waals surface area (Å²) < 4.78 is 19.1. The first kappa shape index (κ1) is 11.9. The second-order valence-corrected chi connectivity index (χ2v) is 4.18. The molecule has 1 saturated heterocycles. The molecule has 1 aliphatic rings. The molecule has 0 aliphatic carbocycles. The van der Waals surface area contributed by atoms with E-state index in [2.05, 4.69) is 9.97 Å². The van der Waals surface area contributed by atoms with Crippen molar-refractivity contribution in [1.82, 2.24) is 14.5 Å². The van der Waals surface area contributed by atoms with E-state index in [1.807, 2.05) is 0 Å². The van der Waals surface area contributed by atoms with Crippen LogP contribution in [-0.2, 0) is 4.74 Å². The van der Waals surface area contributed by atoms with Crippen molar-refractivity contribution in [1.29, 1.82) is 0 Å². The van der Waals surface area contributed by atoms with Crippen LogP contribution in [0.2, 0.25) is 0 Å². The fourth-order valence-corrected chi connectivity index (χ4v) is 2.05. The van der Waals surface area contributed by atoms with Crippen molar-refractivity contribution < 1.29 is 19.3 Å². The van der Waals surface area contributed by atoms with Gasteiger partial charge in [-0.3, -0.25) is 4.57 Å². The fraction of sp³-hybridized carbons (Fsp3) is 0.273. The highest BCUT2D eigenvalue weighted by atomic mass is 19.1. The average Bonchev–Trinajstić information content (AvgIpc) is 2.94. The Bertz CT molecular complexity index is 656. The molecule has 0 spiro atoms. The lowest BCUT2D eigenvalue weighted by Crippen LogP contribution is -2.27. The first-order valence-electron chi connectivity index (χ1n) is 5.53. The van der Waals surface area contributed by atoms with E-state index in [9.17, 15) is 14.6 Å². The van der Waals surface area contributed by atoms with Gasteiger partial charge in [-0.2, -0.15) is 0 Å². The molecular formula is C11H11FN4O3. The van der Waals surface area contributed by atoms with E-state index in [4.69, 9.17) is 10.5 Å². The zero-order valence-corrected chi connectivity index (χ0v) is 9.64. The van der Waals surface area contributed by atoms with Crippen LogP contribution in [0.4, 0.5) is 10.1 Å². The number of aliphatic hydroxyl groups is 2. The molecule has 0 saturated carbocycles. The van der Waals surface area contributed by atoms with Crippen LogP contribution >= 0.6 is 0 Å². The number of imidazole rings is 1. The smallest absolute Gasteiger partial charge is 0.207 e. The molecule has 2 aromatic heterocycles. The van der Waals surface area contributed by atoms with Gasteiger partial charge in [-0.05, 0) is 6.07 Å². The number of ether oxygens (including phenoxy) is 1. The van der Waals surface area contributed by atoms with Crippen molar-refractivity contribution in [2.75, 3.05) is 5.73 Å².